The standard InChI is InChI=1S/C28H31NO2/c30-28(27-17-15-26(16-18-27)25-13-5-2-6-14-25)31-22-24-12-8-20-29(21-24)19-7-11-23-9-3-1-4-10-23/h1-6,9-10,13-18,24H,7-8,11-12,19-22H2. The summed E-state index contributed by atoms with van der Waals surface area (Å²) in [5, 5.41) is 0. The van der Waals surface area contributed by atoms with Crippen LogP contribution in [0, 0.1) is 5.92 Å². The molecule has 1 unspecified atom stereocenters. The van der Waals surface area contributed by atoms with Gasteiger partial charge in [0.1, 0.15) is 0 Å². The molecule has 1 fully saturated rings. The van der Waals surface area contributed by atoms with Gasteiger partial charge in [-0.15, -0.1) is 0 Å². The molecule has 0 amide bonds. The molecule has 0 spiro atoms. The third kappa shape index (κ3) is 6.28. The number of benzene rings is 3. The number of piperidine rings is 1. The lowest BCUT2D eigenvalue weighted by atomic mass is 9.98. The number of hydrogen-bond donors (Lipinski definition) is 0. The molecule has 4 rings (SSSR count). The van der Waals surface area contributed by atoms with Gasteiger partial charge in [0.15, 0.2) is 0 Å². The average molecular weight is 414 g/mol. The number of hydrogen-bond acceptors (Lipinski definition) is 3. The molecule has 160 valence electrons. The van der Waals surface area contributed by atoms with Crippen LogP contribution in [0.5, 0.6) is 0 Å². The zero-order chi connectivity index (χ0) is 21.3. The minimum absolute atomic E-state index is 0.221. The van der Waals surface area contributed by atoms with Crippen LogP contribution in [0.4, 0.5) is 0 Å². The van der Waals surface area contributed by atoms with Crippen LogP contribution in [0.15, 0.2) is 84.9 Å². The fourth-order valence-electron chi connectivity index (χ4n) is 4.35. The van der Waals surface area contributed by atoms with Gasteiger partial charge in [-0.3, -0.25) is 0 Å². The summed E-state index contributed by atoms with van der Waals surface area (Å²) in [5.41, 5.74) is 4.28. The highest BCUT2D eigenvalue weighted by atomic mass is 16.5. The second-order valence-corrected chi connectivity index (χ2v) is 8.44. The number of ether oxygens (including phenoxy) is 1. The van der Waals surface area contributed by atoms with Crippen LogP contribution in [-0.4, -0.2) is 37.1 Å². The lowest BCUT2D eigenvalue weighted by Gasteiger charge is -2.32. The van der Waals surface area contributed by atoms with Gasteiger partial charge in [-0.05, 0) is 67.6 Å². The molecule has 0 N–H and O–H groups in total. The molecule has 1 heterocycles. The monoisotopic (exact) mass is 413 g/mol. The molecule has 0 saturated carbocycles. The largest absolute Gasteiger partial charge is 0.462 e. The molecule has 3 aromatic rings. The van der Waals surface area contributed by atoms with Crippen LogP contribution in [0.3, 0.4) is 0 Å². The highest BCUT2D eigenvalue weighted by Gasteiger charge is 2.21. The summed E-state index contributed by atoms with van der Waals surface area (Å²) < 4.78 is 5.67. The van der Waals surface area contributed by atoms with E-state index >= 15 is 0 Å². The van der Waals surface area contributed by atoms with Gasteiger partial charge in [0.2, 0.25) is 0 Å². The maximum absolute atomic E-state index is 12.5. The Bertz CT molecular complexity index is 938. The van der Waals surface area contributed by atoms with Crippen molar-refractivity contribution in [3.05, 3.63) is 96.1 Å². The van der Waals surface area contributed by atoms with Crippen LogP contribution in [-0.2, 0) is 11.2 Å². The number of carbonyl (C=O) groups is 1. The second-order valence-electron chi connectivity index (χ2n) is 8.44. The Hall–Kier alpha value is -2.91. The molecule has 1 saturated heterocycles. The molecule has 3 nitrogen and oxygen atoms in total. The number of esters is 1. The summed E-state index contributed by atoms with van der Waals surface area (Å²) >= 11 is 0. The highest BCUT2D eigenvalue weighted by molar-refractivity contribution is 5.90. The van der Waals surface area contributed by atoms with Gasteiger partial charge < -0.3 is 9.64 Å². The maximum Gasteiger partial charge on any atom is 0.338 e. The number of nitrogens with zero attached hydrogens (tertiary/aromatic N) is 1. The summed E-state index contributed by atoms with van der Waals surface area (Å²) in [6.45, 7) is 3.80. The van der Waals surface area contributed by atoms with Crippen molar-refractivity contribution in [1.82, 2.24) is 4.90 Å². The molecule has 1 aliphatic rings. The molecule has 3 aromatic carbocycles. The zero-order valence-corrected chi connectivity index (χ0v) is 18.1. The molecule has 0 aromatic heterocycles. The minimum atomic E-state index is -0.221. The Balaban J connectivity index is 1.21. The van der Waals surface area contributed by atoms with Gasteiger partial charge in [-0.1, -0.05) is 72.8 Å². The highest BCUT2D eigenvalue weighted by Crippen LogP contribution is 2.21. The van der Waals surface area contributed by atoms with Gasteiger partial charge in [-0.2, -0.15) is 0 Å². The van der Waals surface area contributed by atoms with E-state index in [0.717, 1.165) is 43.6 Å². The Labute approximate surface area is 185 Å². The van der Waals surface area contributed by atoms with Crippen LogP contribution in [0.1, 0.15) is 35.2 Å². The van der Waals surface area contributed by atoms with Crippen molar-refractivity contribution in [1.29, 1.82) is 0 Å². The quantitative estimate of drug-likeness (QED) is 0.434. The van der Waals surface area contributed by atoms with E-state index in [0.29, 0.717) is 18.1 Å². The topological polar surface area (TPSA) is 29.5 Å². The first kappa shape index (κ1) is 21.3. The second kappa shape index (κ2) is 10.9. The van der Waals surface area contributed by atoms with Gasteiger partial charge in [0.25, 0.3) is 0 Å². The Morgan fingerprint density at radius 2 is 1.55 bits per heavy atom. The van der Waals surface area contributed by atoms with Gasteiger partial charge >= 0.3 is 5.97 Å². The molecule has 31 heavy (non-hydrogen) atoms. The average Bonchev–Trinajstić information content (AvgIpc) is 2.84. The third-order valence-corrected chi connectivity index (χ3v) is 6.06. The smallest absolute Gasteiger partial charge is 0.338 e. The van der Waals surface area contributed by atoms with Gasteiger partial charge in [-0.25, -0.2) is 4.79 Å². The van der Waals surface area contributed by atoms with E-state index in [1.165, 1.54) is 18.4 Å². The summed E-state index contributed by atoms with van der Waals surface area (Å²) in [6.07, 6.45) is 4.61. The molecular formula is C28H31NO2. The van der Waals surface area contributed by atoms with Gasteiger partial charge in [0, 0.05) is 12.5 Å². The van der Waals surface area contributed by atoms with E-state index in [1.807, 2.05) is 42.5 Å². The number of rotatable bonds is 8. The van der Waals surface area contributed by atoms with E-state index in [1.54, 1.807) is 0 Å². The van der Waals surface area contributed by atoms with Crippen LogP contribution in [0.25, 0.3) is 11.1 Å². The number of aryl methyl sites for hydroxylation is 1. The Morgan fingerprint density at radius 1 is 0.871 bits per heavy atom. The molecule has 0 bridgehead atoms. The van der Waals surface area contributed by atoms with Crippen molar-refractivity contribution in [3.8, 4) is 11.1 Å². The van der Waals surface area contributed by atoms with Crippen molar-refractivity contribution in [3.63, 3.8) is 0 Å². The number of carbonyl (C=O) groups excluding carboxylic acids is 1. The Kier molecular flexibility index (Phi) is 7.51. The first-order valence-electron chi connectivity index (χ1n) is 11.4. The lowest BCUT2D eigenvalue weighted by Crippen LogP contribution is -2.38. The molecule has 0 aliphatic carbocycles. The minimum Gasteiger partial charge on any atom is -0.462 e. The van der Waals surface area contributed by atoms with E-state index in [-0.39, 0.29) is 5.97 Å². The first-order valence-corrected chi connectivity index (χ1v) is 11.4. The first-order chi connectivity index (χ1) is 15.3. The van der Waals surface area contributed by atoms with E-state index in [9.17, 15) is 4.79 Å². The van der Waals surface area contributed by atoms with Crippen LogP contribution < -0.4 is 0 Å². The Morgan fingerprint density at radius 3 is 2.29 bits per heavy atom. The summed E-state index contributed by atoms with van der Waals surface area (Å²) in [4.78, 5) is 15.0. The van der Waals surface area contributed by atoms with Crippen molar-refractivity contribution >= 4 is 5.97 Å². The summed E-state index contributed by atoms with van der Waals surface area (Å²) in [6, 6.07) is 28.6. The van der Waals surface area contributed by atoms with Crippen molar-refractivity contribution < 1.29 is 9.53 Å². The predicted octanol–water partition coefficient (Wildman–Crippen LogP) is 5.86. The maximum atomic E-state index is 12.5. The summed E-state index contributed by atoms with van der Waals surface area (Å²) in [7, 11) is 0. The molecule has 1 atom stereocenters. The van der Waals surface area contributed by atoms with Crippen LogP contribution in [0.2, 0.25) is 0 Å². The van der Waals surface area contributed by atoms with E-state index < -0.39 is 0 Å². The van der Waals surface area contributed by atoms with Crippen LogP contribution >= 0.6 is 0 Å². The molecular weight excluding hydrogens is 382 g/mol. The zero-order valence-electron chi connectivity index (χ0n) is 18.1. The van der Waals surface area contributed by atoms with Crippen molar-refractivity contribution in [2.75, 3.05) is 26.2 Å². The van der Waals surface area contributed by atoms with E-state index in [4.69, 9.17) is 4.74 Å². The fourth-order valence-corrected chi connectivity index (χ4v) is 4.35. The lowest BCUT2D eigenvalue weighted by molar-refractivity contribution is 0.0353. The van der Waals surface area contributed by atoms with Crippen molar-refractivity contribution in [2.24, 2.45) is 5.92 Å². The third-order valence-electron chi connectivity index (χ3n) is 6.06. The molecule has 3 heteroatoms. The summed E-state index contributed by atoms with van der Waals surface area (Å²) in [5.74, 6) is 0.207. The van der Waals surface area contributed by atoms with Crippen molar-refractivity contribution in [2.45, 2.75) is 25.7 Å². The van der Waals surface area contributed by atoms with Gasteiger partial charge in [0.05, 0.1) is 12.2 Å². The fraction of sp³-hybridized carbons (Fsp3) is 0.321. The van der Waals surface area contributed by atoms with E-state index in [2.05, 4.69) is 47.4 Å². The number of likely N-dealkylation sites (tertiary alicyclic amines) is 1. The molecule has 1 aliphatic heterocycles. The predicted molar refractivity (Wildman–Crippen MR) is 126 cm³/mol. The SMILES string of the molecule is O=C(OCC1CCCN(CCCc2ccccc2)C1)c1ccc(-c2ccccc2)cc1. The molecule has 0 radical (unpaired) electrons. The normalized spacial score (nSPS) is 16.7.